The van der Waals surface area contributed by atoms with Crippen LogP contribution in [-0.2, 0) is 21.4 Å². The molecule has 1 aliphatic carbocycles. The van der Waals surface area contributed by atoms with Crippen molar-refractivity contribution in [3.05, 3.63) is 39.7 Å². The van der Waals surface area contributed by atoms with Crippen molar-refractivity contribution in [1.29, 1.82) is 0 Å². The third-order valence-electron chi connectivity index (χ3n) is 6.10. The fourth-order valence-corrected chi connectivity index (χ4v) is 7.46. The van der Waals surface area contributed by atoms with Crippen molar-refractivity contribution < 1.29 is 17.7 Å². The number of hydrogen-bond donors (Lipinski definition) is 1. The van der Waals surface area contributed by atoms with Crippen LogP contribution in [-0.4, -0.2) is 41.9 Å². The molecular weight excluding hydrogens is 468 g/mol. The van der Waals surface area contributed by atoms with Crippen LogP contribution in [0.3, 0.4) is 0 Å². The molecule has 1 saturated heterocycles. The summed E-state index contributed by atoms with van der Waals surface area (Å²) in [5, 5.41) is 10.7. The van der Waals surface area contributed by atoms with Crippen molar-refractivity contribution in [2.45, 2.75) is 48.8 Å². The zero-order valence-corrected chi connectivity index (χ0v) is 19.8. The highest BCUT2D eigenvalue weighted by molar-refractivity contribution is 7.91. The Balaban J connectivity index is 1.25. The number of rotatable bonds is 7. The molecule has 0 radical (unpaired) electrons. The van der Waals surface area contributed by atoms with Crippen LogP contribution < -0.4 is 5.32 Å². The van der Waals surface area contributed by atoms with Crippen molar-refractivity contribution in [3.8, 4) is 11.4 Å². The first-order valence-corrected chi connectivity index (χ1v) is 13.9. The summed E-state index contributed by atoms with van der Waals surface area (Å²) in [5.74, 6) is 0.943. The van der Waals surface area contributed by atoms with Gasteiger partial charge in [0.25, 0.3) is 10.0 Å². The molecule has 3 aromatic heterocycles. The number of carbonyl (C=O) groups excluding carboxylic acids is 1. The lowest BCUT2D eigenvalue weighted by Crippen LogP contribution is -2.45. The molecule has 2 fully saturated rings. The van der Waals surface area contributed by atoms with Crippen molar-refractivity contribution in [3.63, 3.8) is 0 Å². The second-order valence-corrected chi connectivity index (χ2v) is 12.3. The highest BCUT2D eigenvalue weighted by Gasteiger charge is 2.34. The number of nitrogens with zero attached hydrogens (tertiary/aromatic N) is 3. The lowest BCUT2D eigenvalue weighted by molar-refractivity contribution is -0.126. The number of piperidine rings is 1. The van der Waals surface area contributed by atoms with Crippen LogP contribution in [0.25, 0.3) is 11.4 Å². The number of sulfonamides is 1. The predicted octanol–water partition coefficient (Wildman–Crippen LogP) is 3.84. The third kappa shape index (κ3) is 4.39. The maximum atomic E-state index is 13.3. The normalized spacial score (nSPS) is 20.2. The van der Waals surface area contributed by atoms with Gasteiger partial charge in [0.1, 0.15) is 4.21 Å². The number of thiophene rings is 2. The standard InChI is InChI=1S/C21H24N4O4S3/c26-20(22-11-17-7-3-9-30-17)15-6-2-8-25(12-15)32(27,28)18-10-16(13-31-18)19-23-21(29-24-19)14-4-1-5-14/h3,7,9-10,13-15H,1-2,4-6,8,11-12H2,(H,22,26). The zero-order chi connectivity index (χ0) is 22.1. The summed E-state index contributed by atoms with van der Waals surface area (Å²) in [6.45, 7) is 1.08. The van der Waals surface area contributed by atoms with E-state index in [0.717, 1.165) is 29.1 Å². The molecule has 0 spiro atoms. The van der Waals surface area contributed by atoms with Gasteiger partial charge in [-0.2, -0.15) is 9.29 Å². The lowest BCUT2D eigenvalue weighted by Gasteiger charge is -2.30. The first kappa shape index (κ1) is 21.7. The summed E-state index contributed by atoms with van der Waals surface area (Å²) in [6, 6.07) is 5.52. The Morgan fingerprint density at radius 1 is 1.25 bits per heavy atom. The van der Waals surface area contributed by atoms with E-state index in [4.69, 9.17) is 4.52 Å². The molecule has 32 heavy (non-hydrogen) atoms. The monoisotopic (exact) mass is 492 g/mol. The summed E-state index contributed by atoms with van der Waals surface area (Å²) in [6.07, 6.45) is 4.63. The topological polar surface area (TPSA) is 105 Å². The Bertz CT molecular complexity index is 1180. The molecule has 1 aliphatic heterocycles. The smallest absolute Gasteiger partial charge is 0.252 e. The van der Waals surface area contributed by atoms with Gasteiger partial charge >= 0.3 is 0 Å². The van der Waals surface area contributed by atoms with Crippen molar-refractivity contribution in [2.75, 3.05) is 13.1 Å². The second kappa shape index (κ2) is 9.05. The first-order chi connectivity index (χ1) is 15.5. The summed E-state index contributed by atoms with van der Waals surface area (Å²) < 4.78 is 33.5. The second-order valence-electron chi connectivity index (χ2n) is 8.24. The van der Waals surface area contributed by atoms with Gasteiger partial charge in [-0.05, 0) is 43.2 Å². The third-order valence-corrected chi connectivity index (χ3v) is 10.3. The quantitative estimate of drug-likeness (QED) is 0.537. The molecule has 8 nitrogen and oxygen atoms in total. The molecule has 5 rings (SSSR count). The summed E-state index contributed by atoms with van der Waals surface area (Å²) >= 11 is 2.74. The van der Waals surface area contributed by atoms with Crippen LogP contribution >= 0.6 is 22.7 Å². The van der Waals surface area contributed by atoms with Gasteiger partial charge in [0.05, 0.1) is 12.5 Å². The van der Waals surface area contributed by atoms with E-state index in [9.17, 15) is 13.2 Å². The molecule has 0 bridgehead atoms. The largest absolute Gasteiger partial charge is 0.351 e. The van der Waals surface area contributed by atoms with Crippen LogP contribution in [0.2, 0.25) is 0 Å². The maximum absolute atomic E-state index is 13.3. The molecule has 1 unspecified atom stereocenters. The average Bonchev–Trinajstić information content (AvgIpc) is 3.52. The summed E-state index contributed by atoms with van der Waals surface area (Å²) in [7, 11) is -3.69. The number of amides is 1. The fraction of sp³-hybridized carbons (Fsp3) is 0.476. The van der Waals surface area contributed by atoms with Crippen molar-refractivity contribution >= 4 is 38.6 Å². The molecule has 2 aliphatic rings. The van der Waals surface area contributed by atoms with Gasteiger partial charge in [0.15, 0.2) is 0 Å². The Morgan fingerprint density at radius 2 is 2.12 bits per heavy atom. The van der Waals surface area contributed by atoms with Crippen molar-refractivity contribution in [2.24, 2.45) is 5.92 Å². The average molecular weight is 493 g/mol. The van der Waals surface area contributed by atoms with E-state index in [1.807, 2.05) is 17.5 Å². The Kier molecular flexibility index (Phi) is 6.15. The molecule has 1 atom stereocenters. The van der Waals surface area contributed by atoms with E-state index in [0.29, 0.717) is 49.1 Å². The predicted molar refractivity (Wildman–Crippen MR) is 122 cm³/mol. The number of carbonyl (C=O) groups is 1. The number of aromatic nitrogens is 2. The maximum Gasteiger partial charge on any atom is 0.252 e. The zero-order valence-electron chi connectivity index (χ0n) is 17.4. The van der Waals surface area contributed by atoms with Crippen LogP contribution in [0, 0.1) is 5.92 Å². The molecule has 0 aromatic carbocycles. The van der Waals surface area contributed by atoms with Gasteiger partial charge in [-0.1, -0.05) is 17.6 Å². The minimum Gasteiger partial charge on any atom is -0.351 e. The molecular formula is C21H24N4O4S3. The van der Waals surface area contributed by atoms with E-state index in [1.165, 1.54) is 10.7 Å². The highest BCUT2D eigenvalue weighted by Crippen LogP contribution is 2.37. The fourth-order valence-electron chi connectivity index (χ4n) is 3.98. The molecule has 4 heterocycles. The minimum atomic E-state index is -3.69. The van der Waals surface area contributed by atoms with Gasteiger partial charge in [-0.3, -0.25) is 4.79 Å². The molecule has 1 amide bonds. The van der Waals surface area contributed by atoms with Gasteiger partial charge < -0.3 is 9.84 Å². The number of hydrogen-bond acceptors (Lipinski definition) is 8. The van der Waals surface area contributed by atoms with E-state index in [1.54, 1.807) is 22.8 Å². The van der Waals surface area contributed by atoms with E-state index in [-0.39, 0.29) is 22.6 Å². The van der Waals surface area contributed by atoms with Crippen LogP contribution in [0.5, 0.6) is 0 Å². The summed E-state index contributed by atoms with van der Waals surface area (Å²) in [4.78, 5) is 18.2. The van der Waals surface area contributed by atoms with Gasteiger partial charge in [0, 0.05) is 34.8 Å². The molecule has 1 saturated carbocycles. The molecule has 1 N–H and O–H groups in total. The van der Waals surface area contributed by atoms with E-state index in [2.05, 4.69) is 15.5 Å². The molecule has 3 aromatic rings. The van der Waals surface area contributed by atoms with Crippen LogP contribution in [0.15, 0.2) is 37.7 Å². The Labute approximate surface area is 194 Å². The lowest BCUT2D eigenvalue weighted by atomic mass is 9.85. The van der Waals surface area contributed by atoms with Crippen molar-refractivity contribution in [1.82, 2.24) is 19.8 Å². The Hall–Kier alpha value is -2.08. The van der Waals surface area contributed by atoms with E-state index >= 15 is 0 Å². The first-order valence-electron chi connectivity index (χ1n) is 10.7. The van der Waals surface area contributed by atoms with Crippen LogP contribution in [0.1, 0.15) is 48.8 Å². The van der Waals surface area contributed by atoms with E-state index < -0.39 is 10.0 Å². The molecule has 11 heteroatoms. The Morgan fingerprint density at radius 3 is 2.88 bits per heavy atom. The highest BCUT2D eigenvalue weighted by atomic mass is 32.2. The summed E-state index contributed by atoms with van der Waals surface area (Å²) in [5.41, 5.74) is 0.644. The minimum absolute atomic E-state index is 0.0968. The number of nitrogens with one attached hydrogen (secondary N) is 1. The van der Waals surface area contributed by atoms with Gasteiger partial charge in [-0.15, -0.1) is 22.7 Å². The van der Waals surface area contributed by atoms with Gasteiger partial charge in [-0.25, -0.2) is 8.42 Å². The van der Waals surface area contributed by atoms with Crippen LogP contribution in [0.4, 0.5) is 0 Å². The molecule has 170 valence electrons. The SMILES string of the molecule is O=C(NCc1cccs1)C1CCCN(S(=O)(=O)c2cc(-c3noc(C4CCC4)n3)cs2)C1. The van der Waals surface area contributed by atoms with Gasteiger partial charge in [0.2, 0.25) is 17.6 Å².